The topological polar surface area (TPSA) is 52.0 Å². The second-order valence-corrected chi connectivity index (χ2v) is 6.83. The molecule has 0 aliphatic heterocycles. The van der Waals surface area contributed by atoms with Crippen LogP contribution >= 0.6 is 11.6 Å². The maximum atomic E-state index is 11.2. The molecule has 1 heterocycles. The predicted molar refractivity (Wildman–Crippen MR) is 71.9 cm³/mol. The highest BCUT2D eigenvalue weighted by Crippen LogP contribution is 2.22. The van der Waals surface area contributed by atoms with Crippen LogP contribution in [0.1, 0.15) is 10.9 Å². The van der Waals surface area contributed by atoms with Crippen molar-refractivity contribution < 1.29 is 8.42 Å². The van der Waals surface area contributed by atoms with Gasteiger partial charge in [-0.1, -0.05) is 18.2 Å². The van der Waals surface area contributed by atoms with E-state index < -0.39 is 15.2 Å². The summed E-state index contributed by atoms with van der Waals surface area (Å²) in [6, 6.07) is 9.56. The van der Waals surface area contributed by atoms with E-state index in [1.165, 1.54) is 6.26 Å². The number of hydrogen-bond acceptors (Lipinski definition) is 3. The Labute approximate surface area is 111 Å². The molecule has 1 unspecified atom stereocenters. The van der Waals surface area contributed by atoms with Gasteiger partial charge >= 0.3 is 0 Å². The molecule has 0 amide bonds. The number of hydrogen-bond donors (Lipinski definition) is 0. The highest BCUT2D eigenvalue weighted by atomic mass is 35.5. The van der Waals surface area contributed by atoms with E-state index in [0.29, 0.717) is 5.56 Å². The molecular formula is C12H13ClN2O2S. The van der Waals surface area contributed by atoms with Crippen molar-refractivity contribution in [3.63, 3.8) is 0 Å². The summed E-state index contributed by atoms with van der Waals surface area (Å²) in [5.74, 6) is -0.0883. The molecule has 0 aliphatic carbocycles. The summed E-state index contributed by atoms with van der Waals surface area (Å²) >= 11 is 6.06. The van der Waals surface area contributed by atoms with Crippen molar-refractivity contribution in [2.24, 2.45) is 0 Å². The molecule has 0 aliphatic rings. The van der Waals surface area contributed by atoms with Crippen molar-refractivity contribution in [2.45, 2.75) is 5.38 Å². The Hall–Kier alpha value is -1.33. The first-order valence-corrected chi connectivity index (χ1v) is 7.87. The Bertz CT molecular complexity index is 623. The lowest BCUT2D eigenvalue weighted by Gasteiger charge is -2.04. The van der Waals surface area contributed by atoms with Gasteiger partial charge in [0.15, 0.2) is 0 Å². The molecule has 1 aromatic heterocycles. The smallest absolute Gasteiger partial charge is 0.149 e. The van der Waals surface area contributed by atoms with Crippen molar-refractivity contribution in [2.75, 3.05) is 12.0 Å². The second-order valence-electron chi connectivity index (χ2n) is 4.11. The molecule has 1 aromatic carbocycles. The fourth-order valence-electron chi connectivity index (χ4n) is 1.58. The normalized spacial score (nSPS) is 13.4. The number of halogens is 1. The van der Waals surface area contributed by atoms with Gasteiger partial charge in [0.1, 0.15) is 9.84 Å². The van der Waals surface area contributed by atoms with Crippen LogP contribution in [0, 0.1) is 0 Å². The van der Waals surface area contributed by atoms with Crippen molar-refractivity contribution >= 4 is 21.4 Å². The van der Waals surface area contributed by atoms with Gasteiger partial charge in [-0.05, 0) is 12.1 Å². The van der Waals surface area contributed by atoms with Gasteiger partial charge in [0.25, 0.3) is 0 Å². The van der Waals surface area contributed by atoms with Gasteiger partial charge in [-0.2, -0.15) is 5.10 Å². The fraction of sp³-hybridized carbons (Fsp3) is 0.250. The molecule has 2 aromatic rings. The molecule has 0 saturated heterocycles. The largest absolute Gasteiger partial charge is 0.241 e. The van der Waals surface area contributed by atoms with Gasteiger partial charge in [0.05, 0.1) is 23.0 Å². The molecule has 0 radical (unpaired) electrons. The lowest BCUT2D eigenvalue weighted by atomic mass is 10.3. The van der Waals surface area contributed by atoms with Crippen LogP contribution in [0.2, 0.25) is 0 Å². The Balaban J connectivity index is 2.21. The maximum absolute atomic E-state index is 11.2. The van der Waals surface area contributed by atoms with Crippen LogP contribution in [0.25, 0.3) is 5.69 Å². The van der Waals surface area contributed by atoms with E-state index in [4.69, 9.17) is 11.6 Å². The Morgan fingerprint density at radius 2 is 2.00 bits per heavy atom. The summed E-state index contributed by atoms with van der Waals surface area (Å²) in [7, 11) is -3.10. The van der Waals surface area contributed by atoms with E-state index in [2.05, 4.69) is 5.10 Å². The van der Waals surface area contributed by atoms with E-state index in [9.17, 15) is 8.42 Å². The first-order chi connectivity index (χ1) is 8.46. The molecule has 6 heteroatoms. The number of sulfone groups is 1. The standard InChI is InChI=1S/C12H13ClN2O2S/c1-18(16,17)9-12(13)10-7-14-15(8-10)11-5-3-2-4-6-11/h2-8,12H,9H2,1H3. The van der Waals surface area contributed by atoms with Crippen LogP contribution in [-0.4, -0.2) is 30.2 Å². The summed E-state index contributed by atoms with van der Waals surface area (Å²) < 4.78 is 24.0. The lowest BCUT2D eigenvalue weighted by molar-refractivity contribution is 0.600. The van der Waals surface area contributed by atoms with E-state index >= 15 is 0 Å². The minimum atomic E-state index is -3.10. The van der Waals surface area contributed by atoms with Crippen molar-refractivity contribution in [1.29, 1.82) is 0 Å². The summed E-state index contributed by atoms with van der Waals surface area (Å²) in [5.41, 5.74) is 1.61. The molecule has 0 saturated carbocycles. The molecule has 0 spiro atoms. The molecule has 2 rings (SSSR count). The first kappa shape index (κ1) is 13.1. The highest BCUT2D eigenvalue weighted by molar-refractivity contribution is 7.90. The average molecular weight is 285 g/mol. The zero-order valence-corrected chi connectivity index (χ0v) is 11.4. The number of aromatic nitrogens is 2. The summed E-state index contributed by atoms with van der Waals surface area (Å²) in [6.07, 6.45) is 4.51. The second kappa shape index (κ2) is 5.12. The zero-order chi connectivity index (χ0) is 13.2. The molecule has 0 bridgehead atoms. The van der Waals surface area contributed by atoms with Crippen molar-refractivity contribution in [3.05, 3.63) is 48.3 Å². The van der Waals surface area contributed by atoms with Crippen molar-refractivity contribution in [3.8, 4) is 5.69 Å². The molecule has 18 heavy (non-hydrogen) atoms. The van der Waals surface area contributed by atoms with Gasteiger partial charge in [-0.3, -0.25) is 0 Å². The van der Waals surface area contributed by atoms with Crippen LogP contribution in [0.3, 0.4) is 0 Å². The third kappa shape index (κ3) is 3.34. The fourth-order valence-corrected chi connectivity index (χ4v) is 3.11. The number of rotatable bonds is 4. The van der Waals surface area contributed by atoms with Gasteiger partial charge in [-0.25, -0.2) is 13.1 Å². The monoisotopic (exact) mass is 284 g/mol. The SMILES string of the molecule is CS(=O)(=O)CC(Cl)c1cnn(-c2ccccc2)c1. The number of benzene rings is 1. The Morgan fingerprint density at radius 3 is 2.61 bits per heavy atom. The number of nitrogens with zero attached hydrogens (tertiary/aromatic N) is 2. The molecular weight excluding hydrogens is 272 g/mol. The van der Waals surface area contributed by atoms with Crippen LogP contribution in [0.15, 0.2) is 42.7 Å². The number of alkyl halides is 1. The van der Waals surface area contributed by atoms with Gasteiger partial charge in [-0.15, -0.1) is 11.6 Å². The van der Waals surface area contributed by atoms with Crippen LogP contribution in [0.5, 0.6) is 0 Å². The Morgan fingerprint density at radius 1 is 1.33 bits per heavy atom. The van der Waals surface area contributed by atoms with Gasteiger partial charge < -0.3 is 0 Å². The Kier molecular flexibility index (Phi) is 3.73. The van der Waals surface area contributed by atoms with E-state index in [1.54, 1.807) is 17.1 Å². The van der Waals surface area contributed by atoms with E-state index in [-0.39, 0.29) is 5.75 Å². The third-order valence-electron chi connectivity index (χ3n) is 2.43. The van der Waals surface area contributed by atoms with Gasteiger partial charge in [0.2, 0.25) is 0 Å². The van der Waals surface area contributed by atoms with Crippen LogP contribution < -0.4 is 0 Å². The predicted octanol–water partition coefficient (Wildman–Crippen LogP) is 2.20. The number of para-hydroxylation sites is 1. The highest BCUT2D eigenvalue weighted by Gasteiger charge is 2.16. The summed E-state index contributed by atoms with van der Waals surface area (Å²) in [5, 5.41) is 3.60. The maximum Gasteiger partial charge on any atom is 0.149 e. The average Bonchev–Trinajstić information content (AvgIpc) is 2.77. The van der Waals surface area contributed by atoms with Crippen LogP contribution in [-0.2, 0) is 9.84 Å². The summed E-state index contributed by atoms with van der Waals surface area (Å²) in [4.78, 5) is 0. The first-order valence-electron chi connectivity index (χ1n) is 5.37. The molecule has 0 N–H and O–H groups in total. The third-order valence-corrected chi connectivity index (χ3v) is 3.96. The molecule has 1 atom stereocenters. The van der Waals surface area contributed by atoms with Crippen LogP contribution in [0.4, 0.5) is 0 Å². The van der Waals surface area contributed by atoms with Crippen molar-refractivity contribution in [1.82, 2.24) is 9.78 Å². The van der Waals surface area contributed by atoms with Gasteiger partial charge in [0, 0.05) is 18.0 Å². The minimum absolute atomic E-state index is 0.0883. The molecule has 0 fully saturated rings. The zero-order valence-electron chi connectivity index (χ0n) is 9.82. The minimum Gasteiger partial charge on any atom is -0.241 e. The van der Waals surface area contributed by atoms with E-state index in [0.717, 1.165) is 5.69 Å². The lowest BCUT2D eigenvalue weighted by Crippen LogP contribution is -2.08. The summed E-state index contributed by atoms with van der Waals surface area (Å²) in [6.45, 7) is 0. The van der Waals surface area contributed by atoms with E-state index in [1.807, 2.05) is 30.3 Å². The molecule has 96 valence electrons. The molecule has 4 nitrogen and oxygen atoms in total. The quantitative estimate of drug-likeness (QED) is 0.809.